The highest BCUT2D eigenvalue weighted by Crippen LogP contribution is 2.39. The van der Waals surface area contributed by atoms with Gasteiger partial charge in [-0.1, -0.05) is 29.8 Å². The monoisotopic (exact) mass is 503 g/mol. The van der Waals surface area contributed by atoms with E-state index in [2.05, 4.69) is 15.3 Å². The number of nitrogens with zero attached hydrogens (tertiary/aromatic N) is 2. The van der Waals surface area contributed by atoms with Crippen LogP contribution in [0.25, 0.3) is 22.0 Å². The molecule has 1 N–H and O–H groups in total. The summed E-state index contributed by atoms with van der Waals surface area (Å²) in [4.78, 5) is 8.63. The second-order valence-corrected chi connectivity index (χ2v) is 12.0. The van der Waals surface area contributed by atoms with E-state index in [1.165, 1.54) is 24.4 Å². The number of anilines is 1. The second kappa shape index (κ2) is 9.05. The summed E-state index contributed by atoms with van der Waals surface area (Å²) in [6, 6.07) is 9.49. The third kappa shape index (κ3) is 4.55. The first-order valence-electron chi connectivity index (χ1n) is 10.5. The summed E-state index contributed by atoms with van der Waals surface area (Å²) in [6.07, 6.45) is 1.47. The summed E-state index contributed by atoms with van der Waals surface area (Å²) < 4.78 is 55.5. The number of rotatable bonds is 5. The van der Waals surface area contributed by atoms with Gasteiger partial charge in [-0.25, -0.2) is 13.2 Å². The van der Waals surface area contributed by atoms with Crippen LogP contribution in [-0.4, -0.2) is 23.3 Å². The fraction of sp³-hybridized carbons (Fsp3) is 0.200. The lowest BCUT2D eigenvalue weighted by Crippen LogP contribution is -2.11. The minimum atomic E-state index is -2.55. The highest BCUT2D eigenvalue weighted by molar-refractivity contribution is 7.69. The Balaban J connectivity index is 1.84. The molecule has 0 saturated carbocycles. The average Bonchev–Trinajstić information content (AvgIpc) is 2.78. The molecular weight excluding hydrogens is 482 g/mol. The van der Waals surface area contributed by atoms with Crippen LogP contribution in [0.2, 0.25) is 5.02 Å². The molecule has 0 aliphatic heterocycles. The number of nitrogens with one attached hydrogen (secondary N) is 1. The van der Waals surface area contributed by atoms with Crippen LogP contribution in [0, 0.1) is 24.4 Å². The Kier molecular flexibility index (Phi) is 6.45. The van der Waals surface area contributed by atoms with Crippen molar-refractivity contribution in [2.75, 3.05) is 18.6 Å². The Bertz CT molecular complexity index is 1450. The number of benzene rings is 2. The molecule has 9 heteroatoms. The van der Waals surface area contributed by atoms with Crippen LogP contribution in [0.5, 0.6) is 0 Å². The molecule has 0 radical (unpaired) electrons. The van der Waals surface area contributed by atoms with Crippen molar-refractivity contribution in [2.24, 2.45) is 0 Å². The quantitative estimate of drug-likeness (QED) is 0.295. The molecule has 0 aliphatic carbocycles. The van der Waals surface area contributed by atoms with Gasteiger partial charge in [0.05, 0.1) is 33.4 Å². The van der Waals surface area contributed by atoms with Gasteiger partial charge in [-0.15, -0.1) is 0 Å². The Hall–Kier alpha value is -2.89. The van der Waals surface area contributed by atoms with Gasteiger partial charge in [0.25, 0.3) is 0 Å². The number of halogens is 4. The maximum Gasteiger partial charge on any atom is 0.164 e. The molecule has 0 fully saturated rings. The van der Waals surface area contributed by atoms with Crippen molar-refractivity contribution in [3.8, 4) is 11.1 Å². The minimum absolute atomic E-state index is 0.129. The number of hydrogen-bond donors (Lipinski definition) is 1. The summed E-state index contributed by atoms with van der Waals surface area (Å²) in [6.45, 7) is 6.59. The van der Waals surface area contributed by atoms with Crippen molar-refractivity contribution < 1.29 is 17.7 Å². The Morgan fingerprint density at radius 1 is 1.06 bits per heavy atom. The summed E-state index contributed by atoms with van der Waals surface area (Å²) in [7, 11) is -2.55. The topological polar surface area (TPSA) is 54.9 Å². The highest BCUT2D eigenvalue weighted by atomic mass is 35.5. The molecule has 4 rings (SSSR count). The van der Waals surface area contributed by atoms with Crippen molar-refractivity contribution in [1.29, 1.82) is 0 Å². The lowest BCUT2D eigenvalue weighted by atomic mass is 10.0. The first kappa shape index (κ1) is 24.2. The normalized spacial score (nSPS) is 12.7. The van der Waals surface area contributed by atoms with Gasteiger partial charge in [0.15, 0.2) is 11.6 Å². The zero-order valence-corrected chi connectivity index (χ0v) is 20.6. The van der Waals surface area contributed by atoms with Gasteiger partial charge >= 0.3 is 0 Å². The van der Waals surface area contributed by atoms with E-state index in [9.17, 15) is 13.3 Å². The minimum Gasteiger partial charge on any atom is -0.377 e. The summed E-state index contributed by atoms with van der Waals surface area (Å²) in [5, 5.41) is 3.95. The van der Waals surface area contributed by atoms with Crippen LogP contribution in [0.15, 0.2) is 48.7 Å². The fourth-order valence-electron chi connectivity index (χ4n) is 3.76. The van der Waals surface area contributed by atoms with Gasteiger partial charge < -0.3 is 9.88 Å². The van der Waals surface area contributed by atoms with Crippen molar-refractivity contribution in [2.45, 2.75) is 19.9 Å². The molecule has 2 aromatic carbocycles. The van der Waals surface area contributed by atoms with Crippen molar-refractivity contribution in [1.82, 2.24) is 9.97 Å². The lowest BCUT2D eigenvalue weighted by Gasteiger charge is -2.20. The number of hydrogen-bond acceptors (Lipinski definition) is 4. The van der Waals surface area contributed by atoms with E-state index in [4.69, 9.17) is 11.6 Å². The van der Waals surface area contributed by atoms with Crippen LogP contribution < -0.4 is 10.8 Å². The van der Waals surface area contributed by atoms with Crippen LogP contribution >= 0.6 is 18.7 Å². The van der Waals surface area contributed by atoms with E-state index in [1.807, 2.05) is 0 Å². The van der Waals surface area contributed by atoms with Crippen LogP contribution in [0.4, 0.5) is 18.9 Å². The van der Waals surface area contributed by atoms with Gasteiger partial charge in [-0.05, 0) is 45.4 Å². The number of aryl methyl sites for hydroxylation is 1. The van der Waals surface area contributed by atoms with Crippen molar-refractivity contribution >= 4 is 40.8 Å². The number of pyridine rings is 2. The maximum atomic E-state index is 15.1. The van der Waals surface area contributed by atoms with Crippen LogP contribution in [0.3, 0.4) is 0 Å². The maximum absolute atomic E-state index is 15.1. The Labute approximate surface area is 200 Å². The predicted octanol–water partition coefficient (Wildman–Crippen LogP) is 7.10. The molecule has 1 atom stereocenters. The third-order valence-electron chi connectivity index (χ3n) is 5.60. The second-order valence-electron chi connectivity index (χ2n) is 8.50. The fourth-order valence-corrected chi connectivity index (χ4v) is 4.73. The zero-order valence-electron chi connectivity index (χ0n) is 19.0. The molecule has 0 amide bonds. The van der Waals surface area contributed by atoms with Crippen molar-refractivity contribution in [3.05, 3.63) is 82.4 Å². The molecule has 0 saturated heterocycles. The number of aromatic nitrogens is 2. The van der Waals surface area contributed by atoms with Gasteiger partial charge in [-0.2, -0.15) is 0 Å². The standard InChI is InChI=1S/C25H22ClF3N3OP/c1-13(16-6-5-7-19(27)24(16)29)32-25-18-10-17(15-8-9-22(30-12-15)34(3,4)33)20(28)11-21(18)31-14(2)23(25)26/h5-13H,1-4H3,(H,31,32). The molecule has 2 aromatic heterocycles. The van der Waals surface area contributed by atoms with Crippen molar-refractivity contribution in [3.63, 3.8) is 0 Å². The molecule has 0 spiro atoms. The smallest absolute Gasteiger partial charge is 0.164 e. The molecule has 1 unspecified atom stereocenters. The van der Waals surface area contributed by atoms with Crippen LogP contribution in [0.1, 0.15) is 24.2 Å². The third-order valence-corrected chi connectivity index (χ3v) is 7.43. The SMILES string of the molecule is Cc1nc2cc(F)c(-c3ccc(P(C)(C)=O)nc3)cc2c(NC(C)c2cccc(F)c2F)c1Cl. The van der Waals surface area contributed by atoms with Gasteiger partial charge in [0.2, 0.25) is 0 Å². The summed E-state index contributed by atoms with van der Waals surface area (Å²) in [5.41, 5.74) is 2.57. The first-order valence-corrected chi connectivity index (χ1v) is 13.5. The van der Waals surface area contributed by atoms with E-state index in [1.54, 1.807) is 45.4 Å². The summed E-state index contributed by atoms with van der Waals surface area (Å²) in [5.74, 6) is -2.41. The van der Waals surface area contributed by atoms with Crippen LogP contribution in [-0.2, 0) is 4.57 Å². The molecule has 0 aliphatic rings. The molecular formula is C25H22ClF3N3OP. The molecule has 176 valence electrons. The zero-order chi connectivity index (χ0) is 24.8. The average molecular weight is 504 g/mol. The molecule has 4 nitrogen and oxygen atoms in total. The van der Waals surface area contributed by atoms with Gasteiger partial charge in [0.1, 0.15) is 13.0 Å². The Morgan fingerprint density at radius 3 is 2.44 bits per heavy atom. The summed E-state index contributed by atoms with van der Waals surface area (Å²) >= 11 is 6.55. The molecule has 2 heterocycles. The van der Waals surface area contributed by atoms with E-state index >= 15 is 4.39 Å². The van der Waals surface area contributed by atoms with E-state index < -0.39 is 30.6 Å². The number of fused-ring (bicyclic) bond motifs is 1. The van der Waals surface area contributed by atoms with E-state index in [0.29, 0.717) is 38.3 Å². The van der Waals surface area contributed by atoms with Gasteiger partial charge in [0, 0.05) is 34.3 Å². The molecule has 4 aromatic rings. The largest absolute Gasteiger partial charge is 0.377 e. The van der Waals surface area contributed by atoms with E-state index in [-0.39, 0.29) is 11.1 Å². The lowest BCUT2D eigenvalue weighted by molar-refractivity contribution is 0.495. The van der Waals surface area contributed by atoms with Gasteiger partial charge in [-0.3, -0.25) is 9.97 Å². The predicted molar refractivity (Wildman–Crippen MR) is 132 cm³/mol. The van der Waals surface area contributed by atoms with E-state index in [0.717, 1.165) is 6.07 Å². The Morgan fingerprint density at radius 2 is 1.79 bits per heavy atom. The highest BCUT2D eigenvalue weighted by Gasteiger charge is 2.20. The molecule has 0 bridgehead atoms. The molecule has 34 heavy (non-hydrogen) atoms. The first-order chi connectivity index (χ1) is 16.0.